The summed E-state index contributed by atoms with van der Waals surface area (Å²) in [7, 11) is 1.61. The summed E-state index contributed by atoms with van der Waals surface area (Å²) in [5.74, 6) is 1.25. The monoisotopic (exact) mass is 382 g/mol. The second-order valence-corrected chi connectivity index (χ2v) is 6.00. The number of aromatic nitrogens is 2. The third-order valence-corrected chi connectivity index (χ3v) is 4.17. The highest BCUT2D eigenvalue weighted by molar-refractivity contribution is 9.10. The number of hydrogen-bond donors (Lipinski definition) is 0. The molecule has 3 nitrogen and oxygen atoms in total. The lowest BCUT2D eigenvalue weighted by molar-refractivity contribution is 0.415. The molecular formula is C15H9BrCl2N2O. The van der Waals surface area contributed by atoms with E-state index in [4.69, 9.17) is 27.9 Å². The molecule has 0 aliphatic carbocycles. The maximum absolute atomic E-state index is 6.30. The molecule has 0 amide bonds. The molecular weight excluding hydrogens is 375 g/mol. The van der Waals surface area contributed by atoms with Crippen LogP contribution in [0.2, 0.25) is 10.2 Å². The van der Waals surface area contributed by atoms with Crippen molar-refractivity contribution in [2.75, 3.05) is 7.11 Å². The summed E-state index contributed by atoms with van der Waals surface area (Å²) in [5.41, 5.74) is 1.56. The summed E-state index contributed by atoms with van der Waals surface area (Å²) in [5, 5.41) is 1.81. The van der Waals surface area contributed by atoms with Gasteiger partial charge in [0.1, 0.15) is 10.9 Å². The van der Waals surface area contributed by atoms with Gasteiger partial charge in [0.2, 0.25) is 0 Å². The Kier molecular flexibility index (Phi) is 4.02. The molecule has 0 N–H and O–H groups in total. The minimum atomic E-state index is 0.388. The lowest BCUT2D eigenvalue weighted by Gasteiger charge is -2.08. The van der Waals surface area contributed by atoms with Crippen molar-refractivity contribution in [1.82, 2.24) is 9.97 Å². The van der Waals surface area contributed by atoms with E-state index in [1.54, 1.807) is 19.2 Å². The number of methoxy groups -OCH3 is 1. The Morgan fingerprint density at radius 3 is 2.43 bits per heavy atom. The Bertz CT molecular complexity index is 822. The minimum Gasteiger partial charge on any atom is -0.497 e. The Balaban J connectivity index is 2.24. The van der Waals surface area contributed by atoms with E-state index in [1.807, 2.05) is 24.3 Å². The molecule has 0 aliphatic rings. The van der Waals surface area contributed by atoms with E-state index < -0.39 is 0 Å². The quantitative estimate of drug-likeness (QED) is 0.557. The summed E-state index contributed by atoms with van der Waals surface area (Å²) < 4.78 is 6.05. The first-order chi connectivity index (χ1) is 10.1. The molecule has 0 atom stereocenters. The van der Waals surface area contributed by atoms with Crippen molar-refractivity contribution in [1.29, 1.82) is 0 Å². The van der Waals surface area contributed by atoms with Gasteiger partial charge in [0.25, 0.3) is 0 Å². The Morgan fingerprint density at radius 2 is 1.76 bits per heavy atom. The number of hydrogen-bond acceptors (Lipinski definition) is 3. The van der Waals surface area contributed by atoms with E-state index in [-0.39, 0.29) is 0 Å². The molecule has 106 valence electrons. The van der Waals surface area contributed by atoms with E-state index in [1.165, 1.54) is 0 Å². The van der Waals surface area contributed by atoms with Crippen molar-refractivity contribution in [3.63, 3.8) is 0 Å². The average molecular weight is 384 g/mol. The maximum Gasteiger partial charge on any atom is 0.161 e. The van der Waals surface area contributed by atoms with Crippen LogP contribution in [0.3, 0.4) is 0 Å². The van der Waals surface area contributed by atoms with Gasteiger partial charge in [0.15, 0.2) is 5.82 Å². The Labute approximate surface area is 140 Å². The molecule has 2 aromatic carbocycles. The number of nitrogens with zero attached hydrogens (tertiary/aromatic N) is 2. The van der Waals surface area contributed by atoms with Crippen LogP contribution in [0.5, 0.6) is 5.75 Å². The van der Waals surface area contributed by atoms with Crippen molar-refractivity contribution in [2.24, 2.45) is 0 Å². The molecule has 21 heavy (non-hydrogen) atoms. The van der Waals surface area contributed by atoms with Gasteiger partial charge in [-0.15, -0.1) is 0 Å². The fourth-order valence-corrected chi connectivity index (χ4v) is 3.13. The fourth-order valence-electron chi connectivity index (χ4n) is 1.99. The van der Waals surface area contributed by atoms with Gasteiger partial charge in [-0.3, -0.25) is 0 Å². The highest BCUT2D eigenvalue weighted by atomic mass is 79.9. The van der Waals surface area contributed by atoms with Gasteiger partial charge >= 0.3 is 0 Å². The summed E-state index contributed by atoms with van der Waals surface area (Å²) >= 11 is 15.7. The second-order valence-electron chi connectivity index (χ2n) is 4.35. The molecule has 0 fully saturated rings. The topological polar surface area (TPSA) is 35.0 Å². The van der Waals surface area contributed by atoms with Crippen LogP contribution in [0.15, 0.2) is 40.9 Å². The van der Waals surface area contributed by atoms with Crippen LogP contribution in [0.1, 0.15) is 0 Å². The normalized spacial score (nSPS) is 10.9. The smallest absolute Gasteiger partial charge is 0.161 e. The van der Waals surface area contributed by atoms with Crippen LogP contribution < -0.4 is 4.74 Å². The highest BCUT2D eigenvalue weighted by Crippen LogP contribution is 2.34. The zero-order chi connectivity index (χ0) is 15.0. The van der Waals surface area contributed by atoms with Crippen LogP contribution in [0, 0.1) is 0 Å². The molecule has 0 spiro atoms. The molecule has 3 aromatic rings. The van der Waals surface area contributed by atoms with Crippen molar-refractivity contribution in [2.45, 2.75) is 0 Å². The molecule has 1 heterocycles. The number of rotatable bonds is 2. The predicted molar refractivity (Wildman–Crippen MR) is 89.2 cm³/mol. The molecule has 0 saturated carbocycles. The average Bonchev–Trinajstić information content (AvgIpc) is 2.46. The predicted octanol–water partition coefficient (Wildman–Crippen LogP) is 5.37. The second kappa shape index (κ2) is 5.79. The van der Waals surface area contributed by atoms with Crippen LogP contribution in [-0.4, -0.2) is 17.1 Å². The Hall–Kier alpha value is -1.36. The number of benzene rings is 2. The third-order valence-electron chi connectivity index (χ3n) is 3.02. The fraction of sp³-hybridized carbons (Fsp3) is 0.0667. The molecule has 0 saturated heterocycles. The highest BCUT2D eigenvalue weighted by Gasteiger charge is 2.12. The van der Waals surface area contributed by atoms with Gasteiger partial charge in [-0.05, 0) is 46.3 Å². The maximum atomic E-state index is 6.30. The summed E-state index contributed by atoms with van der Waals surface area (Å²) in [6.07, 6.45) is 0. The van der Waals surface area contributed by atoms with E-state index >= 15 is 0 Å². The molecule has 0 unspecified atom stereocenters. The summed E-state index contributed by atoms with van der Waals surface area (Å²) in [6.45, 7) is 0. The first-order valence-corrected chi connectivity index (χ1v) is 7.60. The van der Waals surface area contributed by atoms with Gasteiger partial charge < -0.3 is 4.74 Å². The third kappa shape index (κ3) is 2.84. The zero-order valence-electron chi connectivity index (χ0n) is 10.9. The summed E-state index contributed by atoms with van der Waals surface area (Å²) in [6, 6.07) is 11.0. The van der Waals surface area contributed by atoms with E-state index in [9.17, 15) is 0 Å². The number of ether oxygens (including phenoxy) is 1. The van der Waals surface area contributed by atoms with Gasteiger partial charge in [0, 0.05) is 21.1 Å². The van der Waals surface area contributed by atoms with Gasteiger partial charge in [-0.2, -0.15) is 0 Å². The van der Waals surface area contributed by atoms with Crippen molar-refractivity contribution in [3.05, 3.63) is 51.0 Å². The van der Waals surface area contributed by atoms with Crippen LogP contribution in [0.4, 0.5) is 0 Å². The molecule has 0 radical (unpaired) electrons. The molecule has 1 aromatic heterocycles. The van der Waals surface area contributed by atoms with Gasteiger partial charge in [0.05, 0.1) is 18.0 Å². The van der Waals surface area contributed by atoms with Crippen LogP contribution in [0.25, 0.3) is 22.3 Å². The molecule has 0 bridgehead atoms. The van der Waals surface area contributed by atoms with Crippen molar-refractivity contribution < 1.29 is 4.74 Å². The zero-order valence-corrected chi connectivity index (χ0v) is 14.0. The largest absolute Gasteiger partial charge is 0.497 e. The van der Waals surface area contributed by atoms with E-state index in [0.717, 1.165) is 15.4 Å². The molecule has 0 aliphatic heterocycles. The number of halogens is 3. The minimum absolute atomic E-state index is 0.388. The lowest BCUT2D eigenvalue weighted by Crippen LogP contribution is -1.94. The molecule has 3 rings (SSSR count). The number of fused-ring (bicyclic) bond motifs is 1. The van der Waals surface area contributed by atoms with E-state index in [0.29, 0.717) is 27.3 Å². The standard InChI is InChI=1S/C15H9BrCl2N2O/c1-21-10-6-11(16)13-12(7-10)19-15(20-14(13)18)8-2-4-9(17)5-3-8/h2-7H,1H3. The molecule has 6 heteroatoms. The SMILES string of the molecule is COc1cc(Br)c2c(Cl)nc(-c3ccc(Cl)cc3)nc2c1. The first-order valence-electron chi connectivity index (χ1n) is 6.05. The first kappa shape index (κ1) is 14.6. The van der Waals surface area contributed by atoms with Crippen LogP contribution >= 0.6 is 39.1 Å². The van der Waals surface area contributed by atoms with Gasteiger partial charge in [-0.1, -0.05) is 23.2 Å². The van der Waals surface area contributed by atoms with Crippen molar-refractivity contribution >= 4 is 50.0 Å². The Morgan fingerprint density at radius 1 is 1.05 bits per heavy atom. The van der Waals surface area contributed by atoms with Gasteiger partial charge in [-0.25, -0.2) is 9.97 Å². The lowest BCUT2D eigenvalue weighted by atomic mass is 10.2. The summed E-state index contributed by atoms with van der Waals surface area (Å²) in [4.78, 5) is 8.91. The van der Waals surface area contributed by atoms with Crippen LogP contribution in [-0.2, 0) is 0 Å². The van der Waals surface area contributed by atoms with E-state index in [2.05, 4.69) is 25.9 Å². The van der Waals surface area contributed by atoms with Crippen molar-refractivity contribution in [3.8, 4) is 17.1 Å².